The number of hydrogen-bond acceptors (Lipinski definition) is 9. The average molecular weight is 781 g/mol. The Labute approximate surface area is 329 Å². The van der Waals surface area contributed by atoms with Crippen LogP contribution in [-0.2, 0) is 38.2 Å². The molecule has 2 aliphatic carbocycles. The van der Waals surface area contributed by atoms with Gasteiger partial charge in [-0.1, -0.05) is 62.4 Å². The van der Waals surface area contributed by atoms with Gasteiger partial charge in [-0.25, -0.2) is 4.79 Å². The van der Waals surface area contributed by atoms with Crippen molar-refractivity contribution in [3.8, 4) is 0 Å². The molecule has 2 heterocycles. The summed E-state index contributed by atoms with van der Waals surface area (Å²) in [7, 11) is 3.13. The molecule has 0 spiro atoms. The fourth-order valence-electron chi connectivity index (χ4n) is 8.28. The Hall–Kier alpha value is -4.53. The van der Waals surface area contributed by atoms with Crippen molar-refractivity contribution in [3.63, 3.8) is 0 Å². The normalized spacial score (nSPS) is 23.5. The van der Waals surface area contributed by atoms with Crippen molar-refractivity contribution >= 4 is 41.4 Å². The number of carbonyl (C=O) groups is 7. The van der Waals surface area contributed by atoms with Gasteiger partial charge >= 0.3 is 6.09 Å². The Morgan fingerprint density at radius 1 is 0.929 bits per heavy atom. The van der Waals surface area contributed by atoms with Gasteiger partial charge in [0.15, 0.2) is 0 Å². The van der Waals surface area contributed by atoms with Crippen LogP contribution in [0, 0.1) is 17.8 Å². The van der Waals surface area contributed by atoms with E-state index in [0.717, 1.165) is 44.9 Å². The van der Waals surface area contributed by atoms with Gasteiger partial charge in [0.2, 0.25) is 29.4 Å². The predicted molar refractivity (Wildman–Crippen MR) is 206 cm³/mol. The highest BCUT2D eigenvalue weighted by Gasteiger charge is 2.56. The lowest BCUT2D eigenvalue weighted by Gasteiger charge is -2.36. The van der Waals surface area contributed by atoms with Gasteiger partial charge in [-0.05, 0) is 77.7 Å². The molecule has 4 fully saturated rings. The molecule has 1 aromatic carbocycles. The Morgan fingerprint density at radius 2 is 1.59 bits per heavy atom. The third-order valence-corrected chi connectivity index (χ3v) is 11.1. The van der Waals surface area contributed by atoms with Gasteiger partial charge < -0.3 is 40.5 Å². The third-order valence-electron chi connectivity index (χ3n) is 11.1. The first-order chi connectivity index (χ1) is 26.3. The average Bonchev–Trinajstić information content (AvgIpc) is 3.82. The smallest absolute Gasteiger partial charge is 0.408 e. The topological polar surface area (TPSA) is 193 Å². The Bertz CT molecular complexity index is 1630. The second-order valence-corrected chi connectivity index (χ2v) is 17.7. The molecule has 2 aliphatic heterocycles. The number of amides is 6. The molecule has 6 atom stereocenters. The lowest BCUT2D eigenvalue weighted by Crippen LogP contribution is -2.59. The molecule has 4 aliphatic rings. The first-order valence-corrected chi connectivity index (χ1v) is 20.0. The monoisotopic (exact) mass is 780 g/mol. The Morgan fingerprint density at radius 3 is 2.20 bits per heavy atom. The maximum absolute atomic E-state index is 14.6. The van der Waals surface area contributed by atoms with Crippen LogP contribution in [0.4, 0.5) is 4.79 Å². The van der Waals surface area contributed by atoms with Crippen LogP contribution in [0.5, 0.6) is 0 Å². The van der Waals surface area contributed by atoms with Crippen LogP contribution in [0.25, 0.3) is 0 Å². The highest BCUT2D eigenvalue weighted by molar-refractivity contribution is 6.38. The summed E-state index contributed by atoms with van der Waals surface area (Å²) >= 11 is 0. The molecule has 2 unspecified atom stereocenters. The van der Waals surface area contributed by atoms with Crippen molar-refractivity contribution in [2.24, 2.45) is 17.8 Å². The number of ether oxygens (including phenoxy) is 2. The zero-order valence-corrected chi connectivity index (χ0v) is 33.9. The quantitative estimate of drug-likeness (QED) is 0.206. The summed E-state index contributed by atoms with van der Waals surface area (Å²) in [5.41, 5.74) is -0.787. The van der Waals surface area contributed by atoms with Gasteiger partial charge in [0.1, 0.15) is 23.7 Å². The minimum atomic E-state index is -1.20. The molecule has 4 N–H and O–H groups in total. The standard InChI is InChI=1S/C41H60N6O9/c1-40(2,3)56-39(54)45-32(26-16-12-9-13-17-26)38(53)47-23-29-27(21-41(4,5)55-29)33(47)35(50)43-28(20-24-18-19-24)34(49)36(51)42-22-30(48)44-31(37(52)46(6)7)25-14-10-8-11-15-25/h8,10-11,14-15,24,26-29,31-33H,9,12-13,16-23H2,1-7H3,(H,42,51)(H,43,50)(H,44,48)(H,45,54)/t27-,28?,29-,31?,32-,33-/m0/s1. The number of fused-ring (bicyclic) bond motifs is 1. The van der Waals surface area contributed by atoms with Crippen molar-refractivity contribution in [3.05, 3.63) is 35.9 Å². The van der Waals surface area contributed by atoms with Gasteiger partial charge in [-0.3, -0.25) is 28.8 Å². The van der Waals surface area contributed by atoms with Crippen molar-refractivity contribution < 1.29 is 43.0 Å². The highest BCUT2D eigenvalue weighted by Crippen LogP contribution is 2.44. The molecular formula is C41H60N6O9. The number of likely N-dealkylation sites (N-methyl/N-ethyl adjacent to an activating group) is 1. The van der Waals surface area contributed by atoms with E-state index < -0.39 is 83.5 Å². The van der Waals surface area contributed by atoms with E-state index in [0.29, 0.717) is 12.0 Å². The minimum absolute atomic E-state index is 0.126. The summed E-state index contributed by atoms with van der Waals surface area (Å²) in [6, 6.07) is 4.51. The second kappa shape index (κ2) is 17.7. The van der Waals surface area contributed by atoms with Crippen LogP contribution >= 0.6 is 0 Å². The predicted octanol–water partition coefficient (Wildman–Crippen LogP) is 2.77. The van der Waals surface area contributed by atoms with Gasteiger partial charge in [0.25, 0.3) is 5.91 Å². The number of likely N-dealkylation sites (tertiary alicyclic amines) is 1. The summed E-state index contributed by atoms with van der Waals surface area (Å²) in [6.45, 7) is 8.65. The lowest BCUT2D eigenvalue weighted by molar-refractivity contribution is -0.145. The van der Waals surface area contributed by atoms with E-state index in [1.54, 1.807) is 65.2 Å². The zero-order chi connectivity index (χ0) is 40.9. The van der Waals surface area contributed by atoms with Crippen LogP contribution in [-0.4, -0.2) is 114 Å². The number of ketones is 1. The van der Waals surface area contributed by atoms with Crippen LogP contribution in [0.1, 0.15) is 104 Å². The highest BCUT2D eigenvalue weighted by atomic mass is 16.6. The molecule has 308 valence electrons. The number of hydrogen-bond donors (Lipinski definition) is 4. The molecule has 5 rings (SSSR count). The number of carbonyl (C=O) groups excluding carboxylic acids is 7. The molecule has 0 radical (unpaired) electrons. The van der Waals surface area contributed by atoms with Crippen LogP contribution in [0.3, 0.4) is 0 Å². The largest absolute Gasteiger partial charge is 0.444 e. The molecule has 15 nitrogen and oxygen atoms in total. The Kier molecular flexibility index (Phi) is 13.5. The first kappa shape index (κ1) is 42.6. The fourth-order valence-corrected chi connectivity index (χ4v) is 8.28. The Balaban J connectivity index is 1.31. The van der Waals surface area contributed by atoms with Crippen molar-refractivity contribution in [2.45, 2.75) is 134 Å². The van der Waals surface area contributed by atoms with E-state index in [-0.39, 0.29) is 36.6 Å². The van der Waals surface area contributed by atoms with E-state index in [9.17, 15) is 33.6 Å². The molecule has 2 saturated carbocycles. The molecule has 6 amide bonds. The molecular weight excluding hydrogens is 720 g/mol. The van der Waals surface area contributed by atoms with E-state index in [2.05, 4.69) is 21.3 Å². The van der Waals surface area contributed by atoms with E-state index in [1.165, 1.54) is 9.80 Å². The number of benzene rings is 1. The maximum atomic E-state index is 14.6. The SMILES string of the molecule is CN(C)C(=O)C(NC(=O)CNC(=O)C(=O)C(CC1CC1)NC(=O)[C@@H]1[C@H]2CC(C)(C)O[C@H]2CN1C(=O)[C@@H](NC(=O)OC(C)(C)C)C1CCCCC1)c1ccccc1. The molecule has 15 heteroatoms. The number of Topliss-reactive ketones (excluding diaryl/α,β-unsaturated/α-hetero) is 1. The number of rotatable bonds is 14. The van der Waals surface area contributed by atoms with Crippen LogP contribution in [0.15, 0.2) is 30.3 Å². The molecule has 56 heavy (non-hydrogen) atoms. The van der Waals surface area contributed by atoms with Crippen LogP contribution < -0.4 is 21.3 Å². The minimum Gasteiger partial charge on any atom is -0.444 e. The zero-order valence-electron chi connectivity index (χ0n) is 33.9. The van der Waals surface area contributed by atoms with E-state index >= 15 is 0 Å². The molecule has 2 saturated heterocycles. The fraction of sp³-hybridized carbons (Fsp3) is 0.683. The second-order valence-electron chi connectivity index (χ2n) is 17.7. The number of nitrogens with zero attached hydrogens (tertiary/aromatic N) is 2. The van der Waals surface area contributed by atoms with E-state index in [1.807, 2.05) is 13.8 Å². The summed E-state index contributed by atoms with van der Waals surface area (Å²) in [5, 5.41) is 10.7. The number of nitrogens with one attached hydrogen (secondary N) is 4. The van der Waals surface area contributed by atoms with Crippen molar-refractivity contribution in [2.75, 3.05) is 27.2 Å². The summed E-state index contributed by atoms with van der Waals surface area (Å²) < 4.78 is 11.9. The lowest BCUT2D eigenvalue weighted by atomic mass is 9.83. The summed E-state index contributed by atoms with van der Waals surface area (Å²) in [5.74, 6) is -4.42. The number of alkyl carbamates (subject to hydrolysis) is 1. The van der Waals surface area contributed by atoms with Gasteiger partial charge in [0.05, 0.1) is 24.3 Å². The molecule has 0 bridgehead atoms. The first-order valence-electron chi connectivity index (χ1n) is 20.0. The van der Waals surface area contributed by atoms with Gasteiger partial charge in [-0.2, -0.15) is 0 Å². The van der Waals surface area contributed by atoms with Crippen molar-refractivity contribution in [1.82, 2.24) is 31.1 Å². The van der Waals surface area contributed by atoms with Crippen molar-refractivity contribution in [1.29, 1.82) is 0 Å². The van der Waals surface area contributed by atoms with Gasteiger partial charge in [-0.15, -0.1) is 0 Å². The molecule has 0 aromatic heterocycles. The van der Waals surface area contributed by atoms with Crippen LogP contribution in [0.2, 0.25) is 0 Å². The van der Waals surface area contributed by atoms with E-state index in [4.69, 9.17) is 9.47 Å². The maximum Gasteiger partial charge on any atom is 0.408 e. The summed E-state index contributed by atoms with van der Waals surface area (Å²) in [6.07, 6.45) is 5.53. The van der Waals surface area contributed by atoms with Gasteiger partial charge in [0, 0.05) is 26.6 Å². The summed E-state index contributed by atoms with van der Waals surface area (Å²) in [4.78, 5) is 97.8. The third kappa shape index (κ3) is 11.1. The molecule has 1 aromatic rings.